The maximum absolute atomic E-state index is 10.8. The van der Waals surface area contributed by atoms with Crippen molar-refractivity contribution in [3.63, 3.8) is 0 Å². The minimum absolute atomic E-state index is 0.224. The van der Waals surface area contributed by atoms with Crippen molar-refractivity contribution in [3.8, 4) is 0 Å². The van der Waals surface area contributed by atoms with E-state index in [9.17, 15) is 9.59 Å². The Morgan fingerprint density at radius 1 is 1.47 bits per heavy atom. The van der Waals surface area contributed by atoms with E-state index in [-0.39, 0.29) is 5.56 Å². The molecule has 0 atom stereocenters. The molecule has 4 heteroatoms. The molecule has 0 radical (unpaired) electrons. The second-order valence-electron chi connectivity index (χ2n) is 3.35. The average molecular weight is 203 g/mol. The number of nitrogens with one attached hydrogen (secondary N) is 1. The molecule has 2 rings (SSSR count). The van der Waals surface area contributed by atoms with Crippen LogP contribution in [-0.4, -0.2) is 22.3 Å². The van der Waals surface area contributed by atoms with Crippen LogP contribution in [0, 0.1) is 6.92 Å². The van der Waals surface area contributed by atoms with Crippen LogP contribution >= 0.6 is 0 Å². The minimum atomic E-state index is -0.967. The molecule has 1 aromatic carbocycles. The number of fused-ring (bicyclic) bond motifs is 1. The molecule has 1 heterocycles. The van der Waals surface area contributed by atoms with Crippen LogP contribution in [0.4, 0.5) is 0 Å². The molecule has 0 saturated carbocycles. The smallest absolute Gasteiger partial charge is 0.335 e. The summed E-state index contributed by atoms with van der Waals surface area (Å²) in [5.74, 6) is -0.967. The van der Waals surface area contributed by atoms with Crippen molar-refractivity contribution in [1.82, 2.24) is 4.98 Å². The lowest BCUT2D eigenvalue weighted by molar-refractivity contribution is 0.0697. The predicted molar refractivity (Wildman–Crippen MR) is 55.4 cm³/mol. The molecule has 4 nitrogen and oxygen atoms in total. The number of carbonyl (C=O) groups is 2. The van der Waals surface area contributed by atoms with Gasteiger partial charge in [0.1, 0.15) is 0 Å². The number of carboxylic acid groups (broad SMARTS) is 1. The summed E-state index contributed by atoms with van der Waals surface area (Å²) in [6.45, 7) is 1.79. The van der Waals surface area contributed by atoms with E-state index in [4.69, 9.17) is 5.11 Å². The van der Waals surface area contributed by atoms with E-state index < -0.39 is 5.97 Å². The van der Waals surface area contributed by atoms with Gasteiger partial charge in [-0.05, 0) is 30.7 Å². The molecule has 0 amide bonds. The SMILES string of the molecule is Cc1c(C=O)[nH]c2ccc(C(=O)O)cc12. The molecular weight excluding hydrogens is 194 g/mol. The Bertz CT molecular complexity index is 554. The fraction of sp³-hybridized carbons (Fsp3) is 0.0909. The molecule has 0 aliphatic rings. The number of aldehydes is 1. The van der Waals surface area contributed by atoms with Crippen LogP contribution in [0.25, 0.3) is 10.9 Å². The van der Waals surface area contributed by atoms with E-state index in [2.05, 4.69) is 4.98 Å². The van der Waals surface area contributed by atoms with Crippen LogP contribution in [0.5, 0.6) is 0 Å². The molecule has 0 bridgehead atoms. The van der Waals surface area contributed by atoms with Crippen molar-refractivity contribution in [3.05, 3.63) is 35.0 Å². The monoisotopic (exact) mass is 203 g/mol. The van der Waals surface area contributed by atoms with Gasteiger partial charge in [-0.25, -0.2) is 4.79 Å². The number of aryl methyl sites for hydroxylation is 1. The first-order valence-corrected chi connectivity index (χ1v) is 4.44. The number of aromatic carboxylic acids is 1. The molecule has 0 fully saturated rings. The second kappa shape index (κ2) is 3.24. The third kappa shape index (κ3) is 1.40. The fourth-order valence-corrected chi connectivity index (χ4v) is 1.60. The van der Waals surface area contributed by atoms with Crippen molar-refractivity contribution in [1.29, 1.82) is 0 Å². The highest BCUT2D eigenvalue weighted by Crippen LogP contribution is 2.21. The first-order valence-electron chi connectivity index (χ1n) is 4.44. The number of aromatic nitrogens is 1. The Balaban J connectivity index is 2.75. The largest absolute Gasteiger partial charge is 0.478 e. The Kier molecular flexibility index (Phi) is 2.04. The molecule has 2 N–H and O–H groups in total. The van der Waals surface area contributed by atoms with Gasteiger partial charge in [-0.3, -0.25) is 4.79 Å². The molecule has 76 valence electrons. The topological polar surface area (TPSA) is 70.2 Å². The average Bonchev–Trinajstić information content (AvgIpc) is 2.55. The van der Waals surface area contributed by atoms with Gasteiger partial charge in [-0.1, -0.05) is 0 Å². The summed E-state index contributed by atoms with van der Waals surface area (Å²) < 4.78 is 0. The molecule has 0 saturated heterocycles. The highest BCUT2D eigenvalue weighted by molar-refractivity contribution is 5.97. The van der Waals surface area contributed by atoms with Gasteiger partial charge in [-0.15, -0.1) is 0 Å². The maximum Gasteiger partial charge on any atom is 0.335 e. The predicted octanol–water partition coefficient (Wildman–Crippen LogP) is 1.99. The molecule has 0 aliphatic heterocycles. The summed E-state index contributed by atoms with van der Waals surface area (Å²) in [6, 6.07) is 4.74. The molecule has 15 heavy (non-hydrogen) atoms. The zero-order valence-electron chi connectivity index (χ0n) is 8.07. The molecular formula is C11H9NO3. The van der Waals surface area contributed by atoms with Gasteiger partial charge in [0.25, 0.3) is 0 Å². The first-order chi connectivity index (χ1) is 7.13. The molecule has 2 aromatic rings. The lowest BCUT2D eigenvalue weighted by Crippen LogP contribution is -1.94. The summed E-state index contributed by atoms with van der Waals surface area (Å²) in [5, 5.41) is 9.59. The highest BCUT2D eigenvalue weighted by atomic mass is 16.4. The number of aromatic amines is 1. The van der Waals surface area contributed by atoms with E-state index in [1.165, 1.54) is 6.07 Å². The van der Waals surface area contributed by atoms with E-state index in [1.807, 2.05) is 0 Å². The van der Waals surface area contributed by atoms with Gasteiger partial charge in [-0.2, -0.15) is 0 Å². The quantitative estimate of drug-likeness (QED) is 0.733. The number of H-pyrrole nitrogens is 1. The maximum atomic E-state index is 10.8. The van der Waals surface area contributed by atoms with Gasteiger partial charge in [0.05, 0.1) is 11.3 Å². The lowest BCUT2D eigenvalue weighted by Gasteiger charge is -1.95. The van der Waals surface area contributed by atoms with Gasteiger partial charge >= 0.3 is 5.97 Å². The van der Waals surface area contributed by atoms with Crippen molar-refractivity contribution >= 4 is 23.2 Å². The number of hydrogen-bond donors (Lipinski definition) is 2. The van der Waals surface area contributed by atoms with E-state index >= 15 is 0 Å². The minimum Gasteiger partial charge on any atom is -0.478 e. The van der Waals surface area contributed by atoms with Gasteiger partial charge in [0.2, 0.25) is 0 Å². The number of hydrogen-bond acceptors (Lipinski definition) is 2. The Labute approximate surface area is 85.5 Å². The van der Waals surface area contributed by atoms with Gasteiger partial charge in [0, 0.05) is 10.9 Å². The second-order valence-corrected chi connectivity index (χ2v) is 3.35. The molecule has 0 unspecified atom stereocenters. The number of rotatable bonds is 2. The summed E-state index contributed by atoms with van der Waals surface area (Å²) >= 11 is 0. The normalized spacial score (nSPS) is 10.5. The Morgan fingerprint density at radius 2 is 2.20 bits per heavy atom. The van der Waals surface area contributed by atoms with Crippen molar-refractivity contribution in [2.45, 2.75) is 6.92 Å². The third-order valence-electron chi connectivity index (χ3n) is 2.46. The molecule has 0 spiro atoms. The van der Waals surface area contributed by atoms with Crippen LogP contribution in [0.3, 0.4) is 0 Å². The zero-order valence-corrected chi connectivity index (χ0v) is 8.07. The van der Waals surface area contributed by atoms with E-state index in [0.717, 1.165) is 22.8 Å². The fourth-order valence-electron chi connectivity index (χ4n) is 1.60. The molecule has 1 aromatic heterocycles. The standard InChI is InChI=1S/C11H9NO3/c1-6-8-4-7(11(14)15)2-3-9(8)12-10(6)5-13/h2-5,12H,1H3,(H,14,15). The van der Waals surface area contributed by atoms with E-state index in [0.29, 0.717) is 5.69 Å². The van der Waals surface area contributed by atoms with Crippen LogP contribution < -0.4 is 0 Å². The van der Waals surface area contributed by atoms with E-state index in [1.54, 1.807) is 19.1 Å². The first kappa shape index (κ1) is 9.45. The number of carboxylic acids is 1. The number of benzene rings is 1. The summed E-state index contributed by atoms with van der Waals surface area (Å²) in [4.78, 5) is 24.3. The summed E-state index contributed by atoms with van der Waals surface area (Å²) in [5.41, 5.74) is 2.28. The van der Waals surface area contributed by atoms with Gasteiger partial charge in [0.15, 0.2) is 6.29 Å². The van der Waals surface area contributed by atoms with Crippen molar-refractivity contribution < 1.29 is 14.7 Å². The Hall–Kier alpha value is -2.10. The lowest BCUT2D eigenvalue weighted by atomic mass is 10.1. The van der Waals surface area contributed by atoms with Crippen molar-refractivity contribution in [2.24, 2.45) is 0 Å². The Morgan fingerprint density at radius 3 is 2.80 bits per heavy atom. The summed E-state index contributed by atoms with van der Waals surface area (Å²) in [6.07, 6.45) is 0.732. The van der Waals surface area contributed by atoms with Crippen LogP contribution in [-0.2, 0) is 0 Å². The van der Waals surface area contributed by atoms with Gasteiger partial charge < -0.3 is 10.1 Å². The summed E-state index contributed by atoms with van der Waals surface area (Å²) in [7, 11) is 0. The number of carbonyl (C=O) groups excluding carboxylic acids is 1. The van der Waals surface area contributed by atoms with Crippen LogP contribution in [0.15, 0.2) is 18.2 Å². The van der Waals surface area contributed by atoms with Crippen LogP contribution in [0.1, 0.15) is 26.4 Å². The van der Waals surface area contributed by atoms with Crippen LogP contribution in [0.2, 0.25) is 0 Å². The third-order valence-corrected chi connectivity index (χ3v) is 2.46. The molecule has 0 aliphatic carbocycles. The van der Waals surface area contributed by atoms with Crippen molar-refractivity contribution in [2.75, 3.05) is 0 Å². The highest BCUT2D eigenvalue weighted by Gasteiger charge is 2.09. The zero-order chi connectivity index (χ0) is 11.0.